The molecule has 0 atom stereocenters. The van der Waals surface area contributed by atoms with Gasteiger partial charge in [-0.3, -0.25) is 9.20 Å². The molecule has 118 valence electrons. The van der Waals surface area contributed by atoms with E-state index in [0.717, 1.165) is 6.07 Å². The number of halogens is 4. The second-order valence-electron chi connectivity index (χ2n) is 4.71. The van der Waals surface area contributed by atoms with Crippen LogP contribution in [-0.4, -0.2) is 15.3 Å². The SMILES string of the molecule is O=C(NCc1cn2c(Cl)cccc2n1)c1ccc(F)c(F)c1F. The van der Waals surface area contributed by atoms with E-state index in [-0.39, 0.29) is 6.54 Å². The Bertz CT molecular complexity index is 910. The fraction of sp³-hybridized carbons (Fsp3) is 0.0667. The molecule has 23 heavy (non-hydrogen) atoms. The van der Waals surface area contributed by atoms with Crippen molar-refractivity contribution in [3.05, 3.63) is 70.4 Å². The standard InChI is InChI=1S/C15H9ClF3N3O/c16-11-2-1-3-12-21-8(7-22(11)12)6-20-15(23)9-4-5-10(17)14(19)13(9)18/h1-5,7H,6H2,(H,20,23). The molecule has 0 bridgehead atoms. The normalized spacial score (nSPS) is 11.0. The average molecular weight is 340 g/mol. The van der Waals surface area contributed by atoms with Crippen molar-refractivity contribution in [2.45, 2.75) is 6.54 Å². The van der Waals surface area contributed by atoms with Crippen LogP contribution in [0.2, 0.25) is 5.15 Å². The van der Waals surface area contributed by atoms with Crippen LogP contribution in [-0.2, 0) is 6.54 Å². The van der Waals surface area contributed by atoms with E-state index in [9.17, 15) is 18.0 Å². The van der Waals surface area contributed by atoms with Crippen LogP contribution in [0.1, 0.15) is 16.1 Å². The number of nitrogens with one attached hydrogen (secondary N) is 1. The number of carbonyl (C=O) groups is 1. The Morgan fingerprint density at radius 3 is 2.70 bits per heavy atom. The lowest BCUT2D eigenvalue weighted by atomic mass is 10.2. The molecule has 0 aliphatic heterocycles. The van der Waals surface area contributed by atoms with Gasteiger partial charge >= 0.3 is 0 Å². The first kappa shape index (κ1) is 15.4. The Morgan fingerprint density at radius 1 is 1.17 bits per heavy atom. The molecule has 2 heterocycles. The number of carbonyl (C=O) groups excluding carboxylic acids is 1. The Labute approximate surface area is 133 Å². The maximum Gasteiger partial charge on any atom is 0.254 e. The van der Waals surface area contributed by atoms with Crippen molar-refractivity contribution >= 4 is 23.2 Å². The van der Waals surface area contributed by atoms with E-state index in [1.54, 1.807) is 28.8 Å². The van der Waals surface area contributed by atoms with Gasteiger partial charge < -0.3 is 5.32 Å². The summed E-state index contributed by atoms with van der Waals surface area (Å²) in [4.78, 5) is 16.1. The van der Waals surface area contributed by atoms with Gasteiger partial charge in [-0.25, -0.2) is 18.2 Å². The predicted octanol–water partition coefficient (Wildman–Crippen LogP) is 3.34. The topological polar surface area (TPSA) is 46.4 Å². The average Bonchev–Trinajstić information content (AvgIpc) is 2.95. The number of pyridine rings is 1. The van der Waals surface area contributed by atoms with Crippen LogP contribution in [0.15, 0.2) is 36.5 Å². The van der Waals surface area contributed by atoms with Crippen molar-refractivity contribution in [3.8, 4) is 0 Å². The van der Waals surface area contributed by atoms with E-state index >= 15 is 0 Å². The molecular weight excluding hydrogens is 331 g/mol. The summed E-state index contributed by atoms with van der Waals surface area (Å²) < 4.78 is 41.2. The Hall–Kier alpha value is -2.54. The second kappa shape index (κ2) is 5.92. The molecule has 0 aliphatic rings. The molecule has 1 aromatic carbocycles. The first-order chi connectivity index (χ1) is 11.0. The molecule has 0 fully saturated rings. The molecule has 3 aromatic rings. The lowest BCUT2D eigenvalue weighted by molar-refractivity contribution is 0.0945. The molecule has 0 saturated carbocycles. The number of hydrogen-bond acceptors (Lipinski definition) is 2. The van der Waals surface area contributed by atoms with Crippen molar-refractivity contribution in [1.29, 1.82) is 0 Å². The second-order valence-corrected chi connectivity index (χ2v) is 5.10. The lowest BCUT2D eigenvalue weighted by Gasteiger charge is -2.05. The molecule has 8 heteroatoms. The highest BCUT2D eigenvalue weighted by atomic mass is 35.5. The van der Waals surface area contributed by atoms with Crippen molar-refractivity contribution in [3.63, 3.8) is 0 Å². The molecule has 0 spiro atoms. The molecule has 3 rings (SSSR count). The van der Waals surface area contributed by atoms with Crippen LogP contribution in [0.5, 0.6) is 0 Å². The molecule has 0 radical (unpaired) electrons. The van der Waals surface area contributed by atoms with Gasteiger partial charge in [-0.15, -0.1) is 0 Å². The van der Waals surface area contributed by atoms with E-state index in [2.05, 4.69) is 10.3 Å². The zero-order valence-electron chi connectivity index (χ0n) is 11.5. The quantitative estimate of drug-likeness (QED) is 0.587. The van der Waals surface area contributed by atoms with Crippen LogP contribution >= 0.6 is 11.6 Å². The molecule has 0 aliphatic carbocycles. The van der Waals surface area contributed by atoms with Crippen LogP contribution in [0, 0.1) is 17.5 Å². The van der Waals surface area contributed by atoms with Gasteiger partial charge in [0.1, 0.15) is 10.8 Å². The third kappa shape index (κ3) is 2.87. The summed E-state index contributed by atoms with van der Waals surface area (Å²) in [5.74, 6) is -5.43. The van der Waals surface area contributed by atoms with Crippen LogP contribution in [0.4, 0.5) is 13.2 Å². The number of imidazole rings is 1. The Balaban J connectivity index is 1.78. The summed E-state index contributed by atoms with van der Waals surface area (Å²) in [6.45, 7) is -0.0186. The zero-order chi connectivity index (χ0) is 16.6. The minimum atomic E-state index is -1.68. The predicted molar refractivity (Wildman–Crippen MR) is 77.7 cm³/mol. The number of nitrogens with zero attached hydrogens (tertiary/aromatic N) is 2. The number of rotatable bonds is 3. The number of aromatic nitrogens is 2. The van der Waals surface area contributed by atoms with Crippen LogP contribution in [0.25, 0.3) is 5.65 Å². The number of hydrogen-bond donors (Lipinski definition) is 1. The van der Waals surface area contributed by atoms with Gasteiger partial charge in [0.05, 0.1) is 17.8 Å². The molecule has 0 saturated heterocycles. The maximum absolute atomic E-state index is 13.5. The van der Waals surface area contributed by atoms with Crippen molar-refractivity contribution in [1.82, 2.24) is 14.7 Å². The van der Waals surface area contributed by atoms with Gasteiger partial charge in [-0.1, -0.05) is 17.7 Å². The molecule has 4 nitrogen and oxygen atoms in total. The van der Waals surface area contributed by atoms with E-state index < -0.39 is 28.9 Å². The smallest absolute Gasteiger partial charge is 0.254 e. The summed E-state index contributed by atoms with van der Waals surface area (Å²) in [5.41, 5.74) is 0.487. The minimum Gasteiger partial charge on any atom is -0.346 e. The first-order valence-electron chi connectivity index (χ1n) is 6.51. The first-order valence-corrected chi connectivity index (χ1v) is 6.89. The van der Waals surface area contributed by atoms with Crippen molar-refractivity contribution < 1.29 is 18.0 Å². The van der Waals surface area contributed by atoms with E-state index in [1.807, 2.05) is 0 Å². The largest absolute Gasteiger partial charge is 0.346 e. The maximum atomic E-state index is 13.5. The summed E-state index contributed by atoms with van der Waals surface area (Å²) >= 11 is 5.99. The third-order valence-electron chi connectivity index (χ3n) is 3.20. The third-order valence-corrected chi connectivity index (χ3v) is 3.51. The van der Waals surface area contributed by atoms with E-state index in [4.69, 9.17) is 11.6 Å². The summed E-state index contributed by atoms with van der Waals surface area (Å²) in [7, 11) is 0. The zero-order valence-corrected chi connectivity index (χ0v) is 12.2. The van der Waals surface area contributed by atoms with Crippen molar-refractivity contribution in [2.24, 2.45) is 0 Å². The fourth-order valence-electron chi connectivity index (χ4n) is 2.08. The van der Waals surface area contributed by atoms with Gasteiger partial charge in [0, 0.05) is 6.20 Å². The lowest BCUT2D eigenvalue weighted by Crippen LogP contribution is -2.24. The summed E-state index contributed by atoms with van der Waals surface area (Å²) in [6.07, 6.45) is 1.61. The van der Waals surface area contributed by atoms with Crippen LogP contribution < -0.4 is 5.32 Å². The molecule has 1 amide bonds. The van der Waals surface area contributed by atoms with Gasteiger partial charge in [-0.2, -0.15) is 0 Å². The van der Waals surface area contributed by atoms with Gasteiger partial charge in [-0.05, 0) is 24.3 Å². The van der Waals surface area contributed by atoms with Crippen molar-refractivity contribution in [2.75, 3.05) is 0 Å². The Kier molecular flexibility index (Phi) is 3.96. The molecule has 1 N–H and O–H groups in total. The van der Waals surface area contributed by atoms with E-state index in [1.165, 1.54) is 0 Å². The Morgan fingerprint density at radius 2 is 1.96 bits per heavy atom. The number of fused-ring (bicyclic) bond motifs is 1. The summed E-state index contributed by atoms with van der Waals surface area (Å²) in [6, 6.07) is 6.70. The molecular formula is C15H9ClF3N3O. The molecule has 2 aromatic heterocycles. The monoisotopic (exact) mass is 339 g/mol. The van der Waals surface area contributed by atoms with Crippen LogP contribution in [0.3, 0.4) is 0 Å². The van der Waals surface area contributed by atoms with Gasteiger partial charge in [0.2, 0.25) is 0 Å². The number of amides is 1. The minimum absolute atomic E-state index is 0.0186. The molecule has 0 unspecified atom stereocenters. The van der Waals surface area contributed by atoms with Gasteiger partial charge in [0.25, 0.3) is 5.91 Å². The van der Waals surface area contributed by atoms with Gasteiger partial charge in [0.15, 0.2) is 17.5 Å². The number of benzene rings is 1. The highest BCUT2D eigenvalue weighted by Crippen LogP contribution is 2.16. The fourth-order valence-corrected chi connectivity index (χ4v) is 2.29. The van der Waals surface area contributed by atoms with E-state index in [0.29, 0.717) is 22.6 Å². The highest BCUT2D eigenvalue weighted by molar-refractivity contribution is 6.29. The summed E-state index contributed by atoms with van der Waals surface area (Å²) in [5, 5.41) is 2.84. The highest BCUT2D eigenvalue weighted by Gasteiger charge is 2.18.